The number of alkyl carbamates (subject to hydrolysis) is 1. The second-order valence-corrected chi connectivity index (χ2v) is 10.7. The fourth-order valence-electron chi connectivity index (χ4n) is 3.70. The van der Waals surface area contributed by atoms with Gasteiger partial charge >= 0.3 is 6.09 Å². The first-order chi connectivity index (χ1) is 15.9. The smallest absolute Gasteiger partial charge is 0.407 e. The quantitative estimate of drug-likeness (QED) is 0.371. The van der Waals surface area contributed by atoms with Gasteiger partial charge in [-0.2, -0.15) is 0 Å². The average Bonchev–Trinajstić information content (AvgIpc) is 2.72. The maximum atomic E-state index is 12.5. The summed E-state index contributed by atoms with van der Waals surface area (Å²) in [6.07, 6.45) is 0.248. The summed E-state index contributed by atoms with van der Waals surface area (Å²) in [6, 6.07) is 8.00. The Hall–Kier alpha value is -2.33. The van der Waals surface area contributed by atoms with Gasteiger partial charge in [-0.25, -0.2) is 9.00 Å². The average molecular weight is 491 g/mol. The Kier molecular flexibility index (Phi) is 10.2. The van der Waals surface area contributed by atoms with Gasteiger partial charge in [0.25, 0.3) is 0 Å². The first-order valence-electron chi connectivity index (χ1n) is 11.5. The van der Waals surface area contributed by atoms with Crippen LogP contribution in [0.1, 0.15) is 62.7 Å². The second-order valence-electron chi connectivity index (χ2n) is 9.72. The van der Waals surface area contributed by atoms with Crippen LogP contribution in [0.3, 0.4) is 0 Å². The fourth-order valence-corrected chi connectivity index (χ4v) is 3.98. The number of nitrogens with zero attached hydrogens (tertiary/aromatic N) is 1. The lowest BCUT2D eigenvalue weighted by molar-refractivity contribution is 0.0523. The van der Waals surface area contributed by atoms with E-state index < -0.39 is 22.8 Å². The van der Waals surface area contributed by atoms with E-state index in [1.54, 1.807) is 0 Å². The number of carbonyl (C=O) groups is 1. The van der Waals surface area contributed by atoms with Crippen LogP contribution in [0.25, 0.3) is 11.1 Å². The highest BCUT2D eigenvalue weighted by atomic mass is 32.2. The van der Waals surface area contributed by atoms with Crippen molar-refractivity contribution in [2.45, 2.75) is 73.2 Å². The van der Waals surface area contributed by atoms with E-state index in [0.717, 1.165) is 45.6 Å². The van der Waals surface area contributed by atoms with Crippen LogP contribution in [-0.4, -0.2) is 31.3 Å². The number of ether oxygens (including phenoxy) is 1. The molecule has 0 bridgehead atoms. The van der Waals surface area contributed by atoms with Gasteiger partial charge < -0.3 is 20.3 Å². The lowest BCUT2D eigenvalue weighted by atomic mass is 9.89. The number of aromatic nitrogens is 1. The molecular weight excluding hydrogens is 452 g/mol. The molecule has 0 spiro atoms. The van der Waals surface area contributed by atoms with Crippen molar-refractivity contribution in [1.82, 2.24) is 15.6 Å². The van der Waals surface area contributed by atoms with Gasteiger partial charge in [-0.1, -0.05) is 38.1 Å². The number of benzene rings is 1. The van der Waals surface area contributed by atoms with E-state index in [9.17, 15) is 13.6 Å². The first kappa shape index (κ1) is 27.9. The molecule has 0 fully saturated rings. The molecule has 0 saturated heterocycles. The minimum absolute atomic E-state index is 0.0514. The zero-order valence-corrected chi connectivity index (χ0v) is 21.8. The predicted molar refractivity (Wildman–Crippen MR) is 136 cm³/mol. The van der Waals surface area contributed by atoms with Crippen molar-refractivity contribution in [3.05, 3.63) is 52.3 Å². The third-order valence-electron chi connectivity index (χ3n) is 5.11. The molecule has 0 radical (unpaired) electrons. The SMILES string of the molecule is Cc1nc(CC(C)C)c(CNC(=O)OC(C)(C)C)c(-c2ccc(CN)cc2)c1CNCS(=O)O. The van der Waals surface area contributed by atoms with E-state index >= 15 is 0 Å². The van der Waals surface area contributed by atoms with Gasteiger partial charge in [0.15, 0.2) is 11.1 Å². The number of aryl methyl sites for hydroxylation is 1. The molecule has 1 aromatic heterocycles. The van der Waals surface area contributed by atoms with Crippen LogP contribution in [0.2, 0.25) is 0 Å². The summed E-state index contributed by atoms with van der Waals surface area (Å²) in [5, 5.41) is 5.93. The molecule has 8 nitrogen and oxygen atoms in total. The summed E-state index contributed by atoms with van der Waals surface area (Å²) in [7, 11) is 0. The molecule has 1 amide bonds. The number of carbonyl (C=O) groups excluding carboxylic acids is 1. The van der Waals surface area contributed by atoms with Gasteiger partial charge in [0.2, 0.25) is 0 Å². The van der Waals surface area contributed by atoms with E-state index in [2.05, 4.69) is 24.5 Å². The number of pyridine rings is 1. The molecule has 2 rings (SSSR count). The zero-order chi connectivity index (χ0) is 25.5. The molecule has 188 valence electrons. The Labute approximate surface area is 205 Å². The second kappa shape index (κ2) is 12.4. The van der Waals surface area contributed by atoms with Crippen LogP contribution in [0, 0.1) is 12.8 Å². The third kappa shape index (κ3) is 8.47. The Balaban J connectivity index is 2.61. The van der Waals surface area contributed by atoms with Crippen molar-refractivity contribution in [2.75, 3.05) is 5.88 Å². The summed E-state index contributed by atoms with van der Waals surface area (Å²) < 4.78 is 25.8. The van der Waals surface area contributed by atoms with Crippen molar-refractivity contribution < 1.29 is 18.3 Å². The van der Waals surface area contributed by atoms with Crippen LogP contribution in [0.15, 0.2) is 24.3 Å². The normalized spacial score (nSPS) is 12.6. The molecule has 0 aliphatic heterocycles. The van der Waals surface area contributed by atoms with E-state index in [4.69, 9.17) is 15.5 Å². The largest absolute Gasteiger partial charge is 0.444 e. The van der Waals surface area contributed by atoms with Crippen molar-refractivity contribution >= 4 is 17.2 Å². The number of hydrogen-bond donors (Lipinski definition) is 4. The standard InChI is InChI=1S/C25H38N4O4S/c1-16(2)11-22-21(14-28-24(30)33-25(4,5)6)23(19-9-7-18(12-26)8-10-19)20(17(3)29-22)13-27-15-34(31)32/h7-10,16,27H,11-15,26H2,1-6H3,(H,28,30)(H,31,32). The Morgan fingerprint density at radius 2 is 1.82 bits per heavy atom. The molecule has 0 aliphatic carbocycles. The van der Waals surface area contributed by atoms with Crippen LogP contribution >= 0.6 is 0 Å². The third-order valence-corrected chi connectivity index (χ3v) is 5.56. The lowest BCUT2D eigenvalue weighted by Gasteiger charge is -2.24. The van der Waals surface area contributed by atoms with E-state index in [1.807, 2.05) is 52.0 Å². The fraction of sp³-hybridized carbons (Fsp3) is 0.520. The molecule has 1 atom stereocenters. The molecule has 2 aromatic rings. The van der Waals surface area contributed by atoms with Crippen LogP contribution < -0.4 is 16.4 Å². The number of nitrogens with two attached hydrogens (primary N) is 1. The summed E-state index contributed by atoms with van der Waals surface area (Å²) in [5.74, 6) is 0.310. The summed E-state index contributed by atoms with van der Waals surface area (Å²) in [5.41, 5.74) is 11.7. The molecule has 9 heteroatoms. The van der Waals surface area contributed by atoms with Crippen molar-refractivity contribution in [3.63, 3.8) is 0 Å². The maximum absolute atomic E-state index is 12.5. The summed E-state index contributed by atoms with van der Waals surface area (Å²) in [6.45, 7) is 12.7. The monoisotopic (exact) mass is 490 g/mol. The highest BCUT2D eigenvalue weighted by molar-refractivity contribution is 7.79. The number of amides is 1. The van der Waals surface area contributed by atoms with Crippen LogP contribution in [0.4, 0.5) is 4.79 Å². The number of nitrogens with one attached hydrogen (secondary N) is 2. The number of hydrogen-bond acceptors (Lipinski definition) is 6. The minimum atomic E-state index is -1.96. The molecular formula is C25H38N4O4S. The van der Waals surface area contributed by atoms with Gasteiger partial charge in [0.1, 0.15) is 5.60 Å². The molecule has 1 unspecified atom stereocenters. The topological polar surface area (TPSA) is 127 Å². The van der Waals surface area contributed by atoms with Crippen LogP contribution in [0.5, 0.6) is 0 Å². The summed E-state index contributed by atoms with van der Waals surface area (Å²) >= 11 is -1.96. The van der Waals surface area contributed by atoms with E-state index in [0.29, 0.717) is 19.0 Å². The highest BCUT2D eigenvalue weighted by Crippen LogP contribution is 2.33. The Morgan fingerprint density at radius 1 is 1.18 bits per heavy atom. The van der Waals surface area contributed by atoms with Gasteiger partial charge in [-0.15, -0.1) is 0 Å². The molecule has 1 aromatic carbocycles. The number of rotatable bonds is 10. The van der Waals surface area contributed by atoms with Crippen LogP contribution in [-0.2, 0) is 41.9 Å². The highest BCUT2D eigenvalue weighted by Gasteiger charge is 2.22. The van der Waals surface area contributed by atoms with Gasteiger partial charge in [0, 0.05) is 36.6 Å². The molecule has 0 saturated carbocycles. The van der Waals surface area contributed by atoms with Crippen molar-refractivity contribution in [3.8, 4) is 11.1 Å². The predicted octanol–water partition coefficient (Wildman–Crippen LogP) is 4.01. The maximum Gasteiger partial charge on any atom is 0.407 e. The summed E-state index contributed by atoms with van der Waals surface area (Å²) in [4.78, 5) is 17.3. The lowest BCUT2D eigenvalue weighted by Crippen LogP contribution is -2.33. The Morgan fingerprint density at radius 3 is 2.35 bits per heavy atom. The molecule has 34 heavy (non-hydrogen) atoms. The first-order valence-corrected chi connectivity index (χ1v) is 12.7. The van der Waals surface area contributed by atoms with Gasteiger partial charge in [-0.05, 0) is 62.3 Å². The van der Waals surface area contributed by atoms with Crippen molar-refractivity contribution in [2.24, 2.45) is 11.7 Å². The zero-order valence-electron chi connectivity index (χ0n) is 21.0. The molecule has 1 heterocycles. The van der Waals surface area contributed by atoms with Gasteiger partial charge in [0.05, 0.1) is 5.88 Å². The Bertz CT molecular complexity index is 1000. The van der Waals surface area contributed by atoms with E-state index in [1.165, 1.54) is 0 Å². The molecule has 0 aliphatic rings. The van der Waals surface area contributed by atoms with Crippen molar-refractivity contribution in [1.29, 1.82) is 0 Å². The van der Waals surface area contributed by atoms with E-state index in [-0.39, 0.29) is 12.4 Å². The molecule has 5 N–H and O–H groups in total. The minimum Gasteiger partial charge on any atom is -0.444 e. The van der Waals surface area contributed by atoms with Gasteiger partial charge in [-0.3, -0.25) is 10.3 Å².